The first kappa shape index (κ1) is 17.2. The lowest BCUT2D eigenvalue weighted by Crippen LogP contribution is -2.56. The van der Waals surface area contributed by atoms with Crippen molar-refractivity contribution < 1.29 is 21.3 Å². The zero-order valence-corrected chi connectivity index (χ0v) is 14.9. The van der Waals surface area contributed by atoms with E-state index < -0.39 is 25.1 Å². The summed E-state index contributed by atoms with van der Waals surface area (Å²) in [6.07, 6.45) is 2.25. The molecule has 130 valence electrons. The van der Waals surface area contributed by atoms with Crippen molar-refractivity contribution in [1.82, 2.24) is 4.31 Å². The molecule has 0 aliphatic carbocycles. The van der Waals surface area contributed by atoms with Gasteiger partial charge in [0, 0.05) is 13.1 Å². The highest BCUT2D eigenvalue weighted by atomic mass is 32.2. The van der Waals surface area contributed by atoms with Gasteiger partial charge in [0.1, 0.15) is 11.5 Å². The Hall–Kier alpha value is -1.64. The molecule has 6 nitrogen and oxygen atoms in total. The van der Waals surface area contributed by atoms with E-state index in [1.165, 1.54) is 10.6 Å². The summed E-state index contributed by atoms with van der Waals surface area (Å²) in [5.41, 5.74) is 1.05. The molecule has 1 aliphatic rings. The monoisotopic (exact) mass is 369 g/mol. The van der Waals surface area contributed by atoms with Crippen LogP contribution in [0.3, 0.4) is 0 Å². The standard InChI is InChI=1S/C16H19NO5S2/c1-2-13-5-7-15(8-6-13)24(20,21)17-10-16(11-17)23(18,19)12-14-4-3-9-22-14/h3-9,16H,2,10-12H2,1H3. The molecule has 24 heavy (non-hydrogen) atoms. The SMILES string of the molecule is CCc1ccc(S(=O)(=O)N2CC(S(=O)(=O)Cc3ccco3)C2)cc1. The van der Waals surface area contributed by atoms with E-state index in [1.807, 2.05) is 6.92 Å². The minimum absolute atomic E-state index is 0.0130. The van der Waals surface area contributed by atoms with Crippen LogP contribution in [0.4, 0.5) is 0 Å². The summed E-state index contributed by atoms with van der Waals surface area (Å²) in [5, 5.41) is -0.688. The van der Waals surface area contributed by atoms with Crippen molar-refractivity contribution in [2.24, 2.45) is 0 Å². The highest BCUT2D eigenvalue weighted by molar-refractivity contribution is 7.92. The number of rotatable bonds is 6. The molecule has 8 heteroatoms. The highest BCUT2D eigenvalue weighted by Crippen LogP contribution is 2.27. The second kappa shape index (κ2) is 6.34. The lowest BCUT2D eigenvalue weighted by atomic mass is 10.2. The molecule has 1 aromatic carbocycles. The molecule has 1 aromatic heterocycles. The molecule has 3 rings (SSSR count). The molecular formula is C16H19NO5S2. The molecule has 1 fully saturated rings. The van der Waals surface area contributed by atoms with E-state index in [9.17, 15) is 16.8 Å². The quantitative estimate of drug-likeness (QED) is 0.775. The van der Waals surface area contributed by atoms with Crippen molar-refractivity contribution in [2.75, 3.05) is 13.1 Å². The van der Waals surface area contributed by atoms with Crippen LogP contribution in [0.1, 0.15) is 18.2 Å². The second-order valence-corrected chi connectivity index (χ2v) is 10.0. The van der Waals surface area contributed by atoms with E-state index in [4.69, 9.17) is 4.42 Å². The van der Waals surface area contributed by atoms with E-state index in [-0.39, 0.29) is 23.7 Å². The number of benzene rings is 1. The van der Waals surface area contributed by atoms with Crippen molar-refractivity contribution >= 4 is 19.9 Å². The minimum atomic E-state index is -3.64. The molecule has 0 unspecified atom stereocenters. The second-order valence-electron chi connectivity index (χ2n) is 5.83. The van der Waals surface area contributed by atoms with E-state index >= 15 is 0 Å². The van der Waals surface area contributed by atoms with Gasteiger partial charge in [0.15, 0.2) is 9.84 Å². The van der Waals surface area contributed by atoms with Gasteiger partial charge in [0.2, 0.25) is 10.0 Å². The fourth-order valence-electron chi connectivity index (χ4n) is 2.58. The summed E-state index contributed by atoms with van der Waals surface area (Å²) in [4.78, 5) is 0.196. The Balaban J connectivity index is 1.68. The summed E-state index contributed by atoms with van der Waals surface area (Å²) < 4.78 is 55.9. The van der Waals surface area contributed by atoms with E-state index in [1.54, 1.807) is 36.4 Å². The third-order valence-corrected chi connectivity index (χ3v) is 8.06. The summed E-state index contributed by atoms with van der Waals surface area (Å²) in [7, 11) is -7.07. The molecule has 0 radical (unpaired) electrons. The average molecular weight is 369 g/mol. The van der Waals surface area contributed by atoms with Crippen LogP contribution in [0, 0.1) is 0 Å². The van der Waals surface area contributed by atoms with Gasteiger partial charge >= 0.3 is 0 Å². The van der Waals surface area contributed by atoms with Crippen LogP contribution in [0.2, 0.25) is 0 Å². The van der Waals surface area contributed by atoms with Gasteiger partial charge in [0.25, 0.3) is 0 Å². The normalized spacial score (nSPS) is 16.9. The predicted molar refractivity (Wildman–Crippen MR) is 89.7 cm³/mol. The topological polar surface area (TPSA) is 84.7 Å². The Kier molecular flexibility index (Phi) is 4.54. The van der Waals surface area contributed by atoms with E-state index in [2.05, 4.69) is 0 Å². The van der Waals surface area contributed by atoms with Gasteiger partial charge < -0.3 is 4.42 Å². The Bertz CT molecular complexity index is 894. The maximum atomic E-state index is 12.5. The molecule has 0 amide bonds. The number of aryl methyl sites for hydroxylation is 1. The molecule has 0 atom stereocenters. The summed E-state index contributed by atoms with van der Waals surface area (Å²) in [6, 6.07) is 9.91. The summed E-state index contributed by atoms with van der Waals surface area (Å²) in [6.45, 7) is 1.97. The van der Waals surface area contributed by atoms with Gasteiger partial charge in [-0.25, -0.2) is 16.8 Å². The van der Waals surface area contributed by atoms with E-state index in [0.717, 1.165) is 12.0 Å². The largest absolute Gasteiger partial charge is 0.468 e. The number of nitrogens with zero attached hydrogens (tertiary/aromatic N) is 1. The first-order chi connectivity index (χ1) is 11.3. The van der Waals surface area contributed by atoms with Gasteiger partial charge in [-0.1, -0.05) is 19.1 Å². The van der Waals surface area contributed by atoms with Crippen molar-refractivity contribution in [1.29, 1.82) is 0 Å². The van der Waals surface area contributed by atoms with Crippen molar-refractivity contribution in [3.8, 4) is 0 Å². The lowest BCUT2D eigenvalue weighted by molar-refractivity contribution is 0.309. The van der Waals surface area contributed by atoms with Crippen LogP contribution in [-0.4, -0.2) is 39.5 Å². The fraction of sp³-hybridized carbons (Fsp3) is 0.375. The number of furan rings is 1. The van der Waals surface area contributed by atoms with Gasteiger partial charge in [-0.3, -0.25) is 0 Å². The average Bonchev–Trinajstić information content (AvgIpc) is 2.97. The number of sulfone groups is 1. The van der Waals surface area contributed by atoms with Crippen LogP contribution < -0.4 is 0 Å². The zero-order valence-electron chi connectivity index (χ0n) is 13.3. The fourth-order valence-corrected chi connectivity index (χ4v) is 5.91. The first-order valence-corrected chi connectivity index (χ1v) is 10.8. The van der Waals surface area contributed by atoms with Gasteiger partial charge in [-0.15, -0.1) is 0 Å². The van der Waals surface area contributed by atoms with Gasteiger partial charge in [-0.05, 0) is 36.2 Å². The Morgan fingerprint density at radius 2 is 1.75 bits per heavy atom. The van der Waals surface area contributed by atoms with Gasteiger partial charge in [0.05, 0.1) is 16.4 Å². The number of sulfonamides is 1. The molecule has 1 saturated heterocycles. The molecule has 0 N–H and O–H groups in total. The van der Waals surface area contributed by atoms with Crippen LogP contribution in [-0.2, 0) is 32.0 Å². The van der Waals surface area contributed by atoms with E-state index in [0.29, 0.717) is 5.76 Å². The molecule has 0 spiro atoms. The Labute approximate surface area is 142 Å². The van der Waals surface area contributed by atoms with Crippen LogP contribution >= 0.6 is 0 Å². The third-order valence-electron chi connectivity index (χ3n) is 4.22. The maximum Gasteiger partial charge on any atom is 0.243 e. The molecular weight excluding hydrogens is 350 g/mol. The van der Waals surface area contributed by atoms with Gasteiger partial charge in [-0.2, -0.15) is 4.31 Å². The lowest BCUT2D eigenvalue weighted by Gasteiger charge is -2.37. The molecule has 2 heterocycles. The van der Waals surface area contributed by atoms with Crippen molar-refractivity contribution in [2.45, 2.75) is 29.2 Å². The van der Waals surface area contributed by atoms with Crippen molar-refractivity contribution in [3.63, 3.8) is 0 Å². The summed E-state index contributed by atoms with van der Waals surface area (Å²) in [5.74, 6) is 0.162. The maximum absolute atomic E-state index is 12.5. The van der Waals surface area contributed by atoms with Crippen LogP contribution in [0.25, 0.3) is 0 Å². The minimum Gasteiger partial charge on any atom is -0.468 e. The number of hydrogen-bond donors (Lipinski definition) is 0. The van der Waals surface area contributed by atoms with Crippen LogP contribution in [0.5, 0.6) is 0 Å². The van der Waals surface area contributed by atoms with Crippen molar-refractivity contribution in [3.05, 3.63) is 54.0 Å². The Morgan fingerprint density at radius 1 is 1.08 bits per heavy atom. The molecule has 0 saturated carbocycles. The molecule has 1 aliphatic heterocycles. The number of hydrogen-bond acceptors (Lipinski definition) is 5. The molecule has 0 bridgehead atoms. The molecule has 2 aromatic rings. The zero-order chi connectivity index (χ0) is 17.4. The smallest absolute Gasteiger partial charge is 0.243 e. The Morgan fingerprint density at radius 3 is 2.29 bits per heavy atom. The first-order valence-electron chi connectivity index (χ1n) is 7.66. The third kappa shape index (κ3) is 3.26. The summed E-state index contributed by atoms with van der Waals surface area (Å²) >= 11 is 0. The highest BCUT2D eigenvalue weighted by Gasteiger charge is 2.43. The predicted octanol–water partition coefficient (Wildman–Crippen LogP) is 1.83. The van der Waals surface area contributed by atoms with Crippen LogP contribution in [0.15, 0.2) is 52.0 Å².